The molecule has 0 N–H and O–H groups in total. The summed E-state index contributed by atoms with van der Waals surface area (Å²) in [6.45, 7) is 1.37. The van der Waals surface area contributed by atoms with Crippen molar-refractivity contribution >= 4 is 12.0 Å². The van der Waals surface area contributed by atoms with Crippen molar-refractivity contribution in [2.24, 2.45) is 0 Å². The number of hydrogen-bond acceptors (Lipinski definition) is 6. The standard InChI is InChI=1S/C20H26O6/c1-22-17-14-15(8-10-16(17)25-19-6-2-4-12-23-19)9-11-18(21)26-20-7-3-5-13-24-20/h8-11,14,19-20H,2-7,12-13H2,1H3/b11-9-/t19-,20-/m1/s1. The fourth-order valence-electron chi connectivity index (χ4n) is 2.97. The van der Waals surface area contributed by atoms with Gasteiger partial charge in [-0.3, -0.25) is 0 Å². The molecule has 0 bridgehead atoms. The Balaban J connectivity index is 1.58. The Kier molecular flexibility index (Phi) is 6.91. The largest absolute Gasteiger partial charge is 0.493 e. The molecule has 2 aliphatic rings. The van der Waals surface area contributed by atoms with Crippen LogP contribution in [-0.4, -0.2) is 38.9 Å². The lowest BCUT2D eigenvalue weighted by Gasteiger charge is -2.24. The lowest BCUT2D eigenvalue weighted by Crippen LogP contribution is -2.25. The second kappa shape index (κ2) is 9.59. The minimum atomic E-state index is -0.429. The van der Waals surface area contributed by atoms with Gasteiger partial charge in [-0.2, -0.15) is 0 Å². The predicted octanol–water partition coefficient (Wildman–Crippen LogP) is 3.68. The van der Waals surface area contributed by atoms with Gasteiger partial charge in [0.25, 0.3) is 0 Å². The molecule has 6 heteroatoms. The minimum Gasteiger partial charge on any atom is -0.493 e. The summed E-state index contributed by atoms with van der Waals surface area (Å²) in [5.74, 6) is 0.826. The van der Waals surface area contributed by atoms with E-state index in [4.69, 9.17) is 23.7 Å². The topological polar surface area (TPSA) is 63.2 Å². The van der Waals surface area contributed by atoms with Gasteiger partial charge in [0.05, 0.1) is 20.3 Å². The average Bonchev–Trinajstić information content (AvgIpc) is 2.69. The van der Waals surface area contributed by atoms with Crippen molar-refractivity contribution in [2.45, 2.75) is 51.1 Å². The summed E-state index contributed by atoms with van der Waals surface area (Å²) in [5.41, 5.74) is 0.820. The van der Waals surface area contributed by atoms with Gasteiger partial charge in [0.15, 0.2) is 17.8 Å². The van der Waals surface area contributed by atoms with Crippen LogP contribution in [0.3, 0.4) is 0 Å². The molecular weight excluding hydrogens is 336 g/mol. The van der Waals surface area contributed by atoms with Gasteiger partial charge in [0.2, 0.25) is 6.29 Å². The lowest BCUT2D eigenvalue weighted by molar-refractivity contribution is -0.181. The molecule has 0 saturated carbocycles. The minimum absolute atomic E-state index is 0.232. The van der Waals surface area contributed by atoms with Crippen LogP contribution >= 0.6 is 0 Å². The van der Waals surface area contributed by atoms with Gasteiger partial charge in [-0.15, -0.1) is 0 Å². The van der Waals surface area contributed by atoms with Gasteiger partial charge < -0.3 is 23.7 Å². The summed E-state index contributed by atoms with van der Waals surface area (Å²) in [4.78, 5) is 11.9. The number of hydrogen-bond donors (Lipinski definition) is 0. The highest BCUT2D eigenvalue weighted by atomic mass is 16.7. The monoisotopic (exact) mass is 362 g/mol. The zero-order valence-electron chi connectivity index (χ0n) is 15.1. The lowest BCUT2D eigenvalue weighted by atomic mass is 10.1. The van der Waals surface area contributed by atoms with Crippen molar-refractivity contribution in [1.82, 2.24) is 0 Å². The van der Waals surface area contributed by atoms with Gasteiger partial charge >= 0.3 is 5.97 Å². The second-order valence-electron chi connectivity index (χ2n) is 6.39. The molecule has 2 aliphatic heterocycles. The summed E-state index contributed by atoms with van der Waals surface area (Å²) in [6, 6.07) is 5.51. The third-order valence-corrected chi connectivity index (χ3v) is 4.38. The maximum atomic E-state index is 11.9. The molecule has 0 unspecified atom stereocenters. The van der Waals surface area contributed by atoms with E-state index in [-0.39, 0.29) is 6.29 Å². The maximum Gasteiger partial charge on any atom is 0.333 e. The van der Waals surface area contributed by atoms with Crippen molar-refractivity contribution in [1.29, 1.82) is 0 Å². The van der Waals surface area contributed by atoms with E-state index < -0.39 is 12.3 Å². The van der Waals surface area contributed by atoms with Crippen LogP contribution in [0.1, 0.15) is 44.1 Å². The van der Waals surface area contributed by atoms with Crippen LogP contribution < -0.4 is 9.47 Å². The van der Waals surface area contributed by atoms with Gasteiger partial charge in [-0.05, 0) is 49.5 Å². The van der Waals surface area contributed by atoms with Crippen LogP contribution in [0.5, 0.6) is 11.5 Å². The van der Waals surface area contributed by atoms with Crippen molar-refractivity contribution < 1.29 is 28.5 Å². The molecule has 1 aromatic rings. The van der Waals surface area contributed by atoms with Crippen LogP contribution in [0.25, 0.3) is 6.08 Å². The molecular formula is C20H26O6. The fraction of sp³-hybridized carbons (Fsp3) is 0.550. The van der Waals surface area contributed by atoms with Crippen molar-refractivity contribution in [3.05, 3.63) is 29.8 Å². The first-order chi connectivity index (χ1) is 12.7. The number of ether oxygens (including phenoxy) is 5. The van der Waals surface area contributed by atoms with E-state index in [2.05, 4.69) is 0 Å². The zero-order valence-corrected chi connectivity index (χ0v) is 15.1. The number of carbonyl (C=O) groups is 1. The molecule has 142 valence electrons. The molecule has 2 atom stereocenters. The molecule has 0 spiro atoms. The molecule has 2 heterocycles. The van der Waals surface area contributed by atoms with E-state index in [1.807, 2.05) is 18.2 Å². The Morgan fingerprint density at radius 2 is 1.77 bits per heavy atom. The number of methoxy groups -OCH3 is 1. The molecule has 0 aromatic heterocycles. The zero-order chi connectivity index (χ0) is 18.2. The Morgan fingerprint density at radius 3 is 2.42 bits per heavy atom. The first-order valence-electron chi connectivity index (χ1n) is 9.21. The third kappa shape index (κ3) is 5.47. The van der Waals surface area contributed by atoms with E-state index in [1.165, 1.54) is 6.08 Å². The first-order valence-corrected chi connectivity index (χ1v) is 9.21. The molecule has 1 aromatic carbocycles. The van der Waals surface area contributed by atoms with E-state index in [9.17, 15) is 4.79 Å². The van der Waals surface area contributed by atoms with E-state index in [0.29, 0.717) is 18.1 Å². The summed E-state index contributed by atoms with van der Waals surface area (Å²) in [6.07, 6.45) is 8.26. The first kappa shape index (κ1) is 18.7. The smallest absolute Gasteiger partial charge is 0.333 e. The average molecular weight is 362 g/mol. The molecule has 2 fully saturated rings. The fourth-order valence-corrected chi connectivity index (χ4v) is 2.97. The van der Waals surface area contributed by atoms with Crippen LogP contribution in [0.15, 0.2) is 24.3 Å². The predicted molar refractivity (Wildman–Crippen MR) is 95.9 cm³/mol. The molecule has 3 rings (SSSR count). The van der Waals surface area contributed by atoms with Crippen LogP contribution in [0.2, 0.25) is 0 Å². The highest BCUT2D eigenvalue weighted by molar-refractivity contribution is 5.87. The Labute approximate surface area is 154 Å². The van der Waals surface area contributed by atoms with Crippen LogP contribution in [0.4, 0.5) is 0 Å². The Morgan fingerprint density at radius 1 is 1.04 bits per heavy atom. The Bertz CT molecular complexity index is 615. The SMILES string of the molecule is COc1cc(/C=C\C(=O)O[C@@H]2CCCCO2)ccc1O[C@@H]1CCCCO1. The molecule has 0 aliphatic carbocycles. The van der Waals surface area contributed by atoms with Gasteiger partial charge in [-0.1, -0.05) is 6.07 Å². The second-order valence-corrected chi connectivity index (χ2v) is 6.39. The normalized spacial score (nSPS) is 23.6. The van der Waals surface area contributed by atoms with E-state index in [0.717, 1.165) is 50.7 Å². The molecule has 26 heavy (non-hydrogen) atoms. The van der Waals surface area contributed by atoms with Crippen LogP contribution in [-0.2, 0) is 19.0 Å². The van der Waals surface area contributed by atoms with E-state index in [1.54, 1.807) is 13.2 Å². The highest BCUT2D eigenvalue weighted by Crippen LogP contribution is 2.31. The highest BCUT2D eigenvalue weighted by Gasteiger charge is 2.18. The summed E-state index contributed by atoms with van der Waals surface area (Å²) < 4.78 is 27.6. The summed E-state index contributed by atoms with van der Waals surface area (Å²) in [7, 11) is 1.59. The van der Waals surface area contributed by atoms with Gasteiger partial charge in [0.1, 0.15) is 0 Å². The quantitative estimate of drug-likeness (QED) is 0.568. The molecule has 0 amide bonds. The molecule has 2 saturated heterocycles. The third-order valence-electron chi connectivity index (χ3n) is 4.38. The van der Waals surface area contributed by atoms with E-state index >= 15 is 0 Å². The van der Waals surface area contributed by atoms with Gasteiger partial charge in [0, 0.05) is 18.9 Å². The number of carbonyl (C=O) groups excluding carboxylic acids is 1. The maximum absolute atomic E-state index is 11.9. The molecule has 6 nitrogen and oxygen atoms in total. The van der Waals surface area contributed by atoms with Gasteiger partial charge in [-0.25, -0.2) is 4.79 Å². The summed E-state index contributed by atoms with van der Waals surface area (Å²) >= 11 is 0. The summed E-state index contributed by atoms with van der Waals surface area (Å²) in [5, 5.41) is 0. The van der Waals surface area contributed by atoms with Crippen molar-refractivity contribution in [2.75, 3.05) is 20.3 Å². The number of rotatable bonds is 6. The van der Waals surface area contributed by atoms with Crippen molar-refractivity contribution in [3.8, 4) is 11.5 Å². The van der Waals surface area contributed by atoms with Crippen LogP contribution in [0, 0.1) is 0 Å². The Hall–Kier alpha value is -2.05. The molecule has 0 radical (unpaired) electrons. The van der Waals surface area contributed by atoms with Crippen molar-refractivity contribution in [3.63, 3.8) is 0 Å². The number of esters is 1. The number of benzene rings is 1.